The van der Waals surface area contributed by atoms with E-state index in [1.54, 1.807) is 29.5 Å². The molecular weight excluding hydrogens is 272 g/mol. The number of amides is 1. The summed E-state index contributed by atoms with van der Waals surface area (Å²) in [6, 6.07) is 5.82. The minimum absolute atomic E-state index is 0.0955. The first-order chi connectivity index (χ1) is 9.56. The largest absolute Gasteiger partial charge is 0.467 e. The van der Waals surface area contributed by atoms with E-state index >= 15 is 0 Å². The molecule has 0 spiro atoms. The normalized spacial score (nSPS) is 11.0. The van der Waals surface area contributed by atoms with Crippen molar-refractivity contribution in [1.82, 2.24) is 9.80 Å². The van der Waals surface area contributed by atoms with Gasteiger partial charge in [0.2, 0.25) is 5.91 Å². The molecule has 4 nitrogen and oxygen atoms in total. The highest BCUT2D eigenvalue weighted by Gasteiger charge is 2.14. The van der Waals surface area contributed by atoms with E-state index in [4.69, 9.17) is 4.42 Å². The lowest BCUT2D eigenvalue weighted by Crippen LogP contribution is -2.35. The molecule has 108 valence electrons. The maximum Gasteiger partial charge on any atom is 0.236 e. The van der Waals surface area contributed by atoms with Gasteiger partial charge in [-0.15, -0.1) is 11.3 Å². The predicted octanol–water partition coefficient (Wildman–Crippen LogP) is 2.74. The Labute approximate surface area is 123 Å². The zero-order valence-electron chi connectivity index (χ0n) is 12.1. The number of thiophene rings is 1. The zero-order chi connectivity index (χ0) is 14.5. The number of carbonyl (C=O) groups is 1. The van der Waals surface area contributed by atoms with Gasteiger partial charge in [-0.2, -0.15) is 0 Å². The van der Waals surface area contributed by atoms with Crippen LogP contribution in [0, 0.1) is 6.92 Å². The van der Waals surface area contributed by atoms with Crippen LogP contribution in [0.25, 0.3) is 0 Å². The second-order valence-electron chi connectivity index (χ2n) is 5.03. The van der Waals surface area contributed by atoms with Gasteiger partial charge in [-0.25, -0.2) is 0 Å². The molecule has 0 N–H and O–H groups in total. The Morgan fingerprint density at radius 2 is 2.10 bits per heavy atom. The van der Waals surface area contributed by atoms with Crippen LogP contribution < -0.4 is 0 Å². The van der Waals surface area contributed by atoms with Crippen LogP contribution in [-0.2, 0) is 17.9 Å². The van der Waals surface area contributed by atoms with Gasteiger partial charge in [0.25, 0.3) is 0 Å². The average molecular weight is 292 g/mol. The van der Waals surface area contributed by atoms with Gasteiger partial charge in [-0.3, -0.25) is 9.69 Å². The van der Waals surface area contributed by atoms with Gasteiger partial charge in [0.15, 0.2) is 0 Å². The number of rotatable bonds is 6. The highest BCUT2D eigenvalue weighted by Crippen LogP contribution is 2.17. The summed E-state index contributed by atoms with van der Waals surface area (Å²) in [5.74, 6) is 0.899. The molecule has 0 atom stereocenters. The van der Waals surface area contributed by atoms with E-state index in [1.165, 1.54) is 10.4 Å². The van der Waals surface area contributed by atoms with Crippen LogP contribution in [0.4, 0.5) is 0 Å². The van der Waals surface area contributed by atoms with Gasteiger partial charge < -0.3 is 9.32 Å². The van der Waals surface area contributed by atoms with E-state index in [1.807, 2.05) is 24.1 Å². The second-order valence-corrected chi connectivity index (χ2v) is 6.03. The van der Waals surface area contributed by atoms with Crippen LogP contribution in [0.3, 0.4) is 0 Å². The molecule has 2 heterocycles. The monoisotopic (exact) mass is 292 g/mol. The molecule has 5 heteroatoms. The summed E-state index contributed by atoms with van der Waals surface area (Å²) in [5.41, 5.74) is 1.29. The molecule has 2 aromatic rings. The van der Waals surface area contributed by atoms with Gasteiger partial charge in [-0.05, 0) is 43.1 Å². The molecule has 0 aliphatic heterocycles. The third-order valence-corrected chi connectivity index (χ3v) is 4.19. The summed E-state index contributed by atoms with van der Waals surface area (Å²) in [6.07, 6.45) is 1.62. The molecule has 2 rings (SSSR count). The van der Waals surface area contributed by atoms with Gasteiger partial charge >= 0.3 is 0 Å². The molecule has 1 amide bonds. The van der Waals surface area contributed by atoms with Crippen LogP contribution in [-0.4, -0.2) is 36.3 Å². The fraction of sp³-hybridized carbons (Fsp3) is 0.400. The molecule has 0 saturated carbocycles. The van der Waals surface area contributed by atoms with E-state index in [-0.39, 0.29) is 5.91 Å². The molecular formula is C15H20N2O2S. The summed E-state index contributed by atoms with van der Waals surface area (Å²) in [5, 5.41) is 2.09. The number of hydrogen-bond donors (Lipinski definition) is 0. The quantitative estimate of drug-likeness (QED) is 0.821. The van der Waals surface area contributed by atoms with Crippen LogP contribution in [0.15, 0.2) is 34.3 Å². The van der Waals surface area contributed by atoms with Crippen molar-refractivity contribution in [2.24, 2.45) is 0 Å². The van der Waals surface area contributed by atoms with Crippen LogP contribution >= 0.6 is 11.3 Å². The molecule has 20 heavy (non-hydrogen) atoms. The van der Waals surface area contributed by atoms with Crippen molar-refractivity contribution in [3.05, 3.63) is 46.0 Å². The predicted molar refractivity (Wildman–Crippen MR) is 80.6 cm³/mol. The Hall–Kier alpha value is -1.59. The highest BCUT2D eigenvalue weighted by atomic mass is 32.1. The SMILES string of the molecule is Cc1ccsc1CN(C)CC(=O)N(C)Cc1ccco1. The van der Waals surface area contributed by atoms with Crippen LogP contribution in [0.1, 0.15) is 16.2 Å². The van der Waals surface area contributed by atoms with Crippen molar-refractivity contribution in [3.63, 3.8) is 0 Å². The van der Waals surface area contributed by atoms with Crippen LogP contribution in [0.2, 0.25) is 0 Å². The summed E-state index contributed by atoms with van der Waals surface area (Å²) < 4.78 is 5.25. The Morgan fingerprint density at radius 1 is 1.30 bits per heavy atom. The van der Waals surface area contributed by atoms with Gasteiger partial charge in [0.1, 0.15) is 5.76 Å². The lowest BCUT2D eigenvalue weighted by molar-refractivity contribution is -0.131. The molecule has 0 aromatic carbocycles. The van der Waals surface area contributed by atoms with E-state index < -0.39 is 0 Å². The number of aryl methyl sites for hydroxylation is 1. The minimum atomic E-state index is 0.0955. The molecule has 0 radical (unpaired) electrons. The lowest BCUT2D eigenvalue weighted by Gasteiger charge is -2.21. The van der Waals surface area contributed by atoms with Crippen molar-refractivity contribution in [2.45, 2.75) is 20.0 Å². The number of hydrogen-bond acceptors (Lipinski definition) is 4. The molecule has 0 unspecified atom stereocenters. The van der Waals surface area contributed by atoms with Gasteiger partial charge in [-0.1, -0.05) is 0 Å². The Balaban J connectivity index is 1.82. The fourth-order valence-corrected chi connectivity index (χ4v) is 2.93. The van der Waals surface area contributed by atoms with Crippen molar-refractivity contribution in [2.75, 3.05) is 20.6 Å². The van der Waals surface area contributed by atoms with Gasteiger partial charge in [0.05, 0.1) is 19.4 Å². The molecule has 0 saturated heterocycles. The maximum absolute atomic E-state index is 12.1. The summed E-state index contributed by atoms with van der Waals surface area (Å²) >= 11 is 1.74. The molecule has 2 aromatic heterocycles. The first-order valence-electron chi connectivity index (χ1n) is 6.54. The van der Waals surface area contributed by atoms with E-state index in [0.717, 1.165) is 12.3 Å². The van der Waals surface area contributed by atoms with E-state index in [9.17, 15) is 4.79 Å². The van der Waals surface area contributed by atoms with E-state index in [0.29, 0.717) is 13.1 Å². The van der Waals surface area contributed by atoms with E-state index in [2.05, 4.69) is 18.4 Å². The highest BCUT2D eigenvalue weighted by molar-refractivity contribution is 7.10. The molecule has 0 aliphatic carbocycles. The fourth-order valence-electron chi connectivity index (χ4n) is 1.94. The average Bonchev–Trinajstić information content (AvgIpc) is 3.02. The summed E-state index contributed by atoms with van der Waals surface area (Å²) in [4.78, 5) is 17.2. The second kappa shape index (κ2) is 6.72. The van der Waals surface area contributed by atoms with Crippen LogP contribution in [0.5, 0.6) is 0 Å². The Bertz CT molecular complexity index is 548. The zero-order valence-corrected chi connectivity index (χ0v) is 12.9. The first-order valence-corrected chi connectivity index (χ1v) is 7.42. The number of carbonyl (C=O) groups excluding carboxylic acids is 1. The number of likely N-dealkylation sites (N-methyl/N-ethyl adjacent to an activating group) is 2. The molecule has 0 aliphatic rings. The Morgan fingerprint density at radius 3 is 2.70 bits per heavy atom. The minimum Gasteiger partial charge on any atom is -0.467 e. The summed E-state index contributed by atoms with van der Waals surface area (Å²) in [7, 11) is 3.77. The van der Waals surface area contributed by atoms with Crippen molar-refractivity contribution in [3.8, 4) is 0 Å². The topological polar surface area (TPSA) is 36.7 Å². The maximum atomic E-state index is 12.1. The first kappa shape index (κ1) is 14.8. The van der Waals surface area contributed by atoms with Crippen molar-refractivity contribution in [1.29, 1.82) is 0 Å². The van der Waals surface area contributed by atoms with Gasteiger partial charge in [0, 0.05) is 18.5 Å². The third kappa shape index (κ3) is 3.95. The third-order valence-electron chi connectivity index (χ3n) is 3.19. The molecule has 0 fully saturated rings. The molecule has 0 bridgehead atoms. The smallest absolute Gasteiger partial charge is 0.236 e. The lowest BCUT2D eigenvalue weighted by atomic mass is 10.3. The number of nitrogens with zero attached hydrogens (tertiary/aromatic N) is 2. The van der Waals surface area contributed by atoms with Crippen molar-refractivity contribution < 1.29 is 9.21 Å². The Kier molecular flexibility index (Phi) is 4.98. The number of furan rings is 1. The van der Waals surface area contributed by atoms with Crippen molar-refractivity contribution >= 4 is 17.2 Å². The standard InChI is InChI=1S/C15H20N2O2S/c1-12-6-8-20-14(12)10-16(2)11-15(18)17(3)9-13-5-4-7-19-13/h4-8H,9-11H2,1-3H3. The summed E-state index contributed by atoms with van der Waals surface area (Å²) in [6.45, 7) is 3.83.